The van der Waals surface area contributed by atoms with Gasteiger partial charge in [-0.1, -0.05) is 15.9 Å². The van der Waals surface area contributed by atoms with Crippen LogP contribution in [0.15, 0.2) is 16.6 Å². The molecule has 0 saturated carbocycles. The molecule has 0 bridgehead atoms. The van der Waals surface area contributed by atoms with Crippen molar-refractivity contribution in [2.24, 2.45) is 0 Å². The normalized spacial score (nSPS) is 25.1. The van der Waals surface area contributed by atoms with Gasteiger partial charge < -0.3 is 9.47 Å². The maximum Gasteiger partial charge on any atom is 0.225 e. The zero-order valence-corrected chi connectivity index (χ0v) is 8.90. The van der Waals surface area contributed by atoms with Gasteiger partial charge in [0, 0.05) is 11.6 Å². The fourth-order valence-electron chi connectivity index (χ4n) is 1.34. The zero-order valence-electron chi connectivity index (χ0n) is 7.31. The van der Waals surface area contributed by atoms with E-state index in [2.05, 4.69) is 15.9 Å². The number of ether oxygens (including phenoxy) is 2. The van der Waals surface area contributed by atoms with E-state index in [1.807, 2.05) is 0 Å². The number of hydrogen-bond acceptors (Lipinski definition) is 2. The first kappa shape index (κ1) is 10.0. The Morgan fingerprint density at radius 1 is 1.43 bits per heavy atom. The van der Waals surface area contributed by atoms with E-state index in [-0.39, 0.29) is 12.2 Å². The van der Waals surface area contributed by atoms with Crippen molar-refractivity contribution in [3.63, 3.8) is 0 Å². The minimum absolute atomic E-state index is 0.164. The zero-order chi connectivity index (χ0) is 10.3. The molecule has 1 unspecified atom stereocenters. The van der Waals surface area contributed by atoms with Crippen LogP contribution >= 0.6 is 15.9 Å². The molecule has 0 amide bonds. The van der Waals surface area contributed by atoms with E-state index in [1.165, 1.54) is 19.2 Å². The monoisotopic (exact) mass is 264 g/mol. The van der Waals surface area contributed by atoms with Gasteiger partial charge in [0.05, 0.1) is 5.56 Å². The van der Waals surface area contributed by atoms with Crippen molar-refractivity contribution in [3.8, 4) is 0 Å². The topological polar surface area (TPSA) is 21.8 Å². The van der Waals surface area contributed by atoms with E-state index in [1.54, 1.807) is 0 Å². The highest BCUT2D eigenvalue weighted by molar-refractivity contribution is 9.10. The lowest BCUT2D eigenvalue weighted by Crippen LogP contribution is -2.15. The van der Waals surface area contributed by atoms with Crippen LogP contribution < -0.4 is 0 Å². The van der Waals surface area contributed by atoms with Gasteiger partial charge in [0.1, 0.15) is 18.2 Å². The summed E-state index contributed by atoms with van der Waals surface area (Å²) in [5.74, 6) is -2.55. The molecule has 0 aliphatic carbocycles. The van der Waals surface area contributed by atoms with Crippen LogP contribution in [0.2, 0.25) is 0 Å². The third kappa shape index (κ3) is 1.45. The summed E-state index contributed by atoms with van der Waals surface area (Å²) in [6, 6.07) is 2.36. The SMILES string of the molecule is COC1(c2c(F)cc(Br)cc2F)CO1. The molecule has 5 heteroatoms. The third-order valence-corrected chi connectivity index (χ3v) is 2.58. The molecule has 1 heterocycles. The van der Waals surface area contributed by atoms with Crippen molar-refractivity contribution in [2.75, 3.05) is 13.7 Å². The van der Waals surface area contributed by atoms with Crippen molar-refractivity contribution in [2.45, 2.75) is 5.79 Å². The Morgan fingerprint density at radius 3 is 2.29 bits per heavy atom. The molecule has 76 valence electrons. The maximum atomic E-state index is 13.4. The van der Waals surface area contributed by atoms with E-state index in [4.69, 9.17) is 9.47 Å². The summed E-state index contributed by atoms with van der Waals surface area (Å²) in [6.07, 6.45) is 0. The van der Waals surface area contributed by atoms with E-state index < -0.39 is 17.4 Å². The molecular formula is C9H7BrF2O2. The molecule has 1 aromatic carbocycles. The fraction of sp³-hybridized carbons (Fsp3) is 0.333. The largest absolute Gasteiger partial charge is 0.347 e. The Hall–Kier alpha value is -0.520. The molecule has 1 atom stereocenters. The fourth-order valence-corrected chi connectivity index (χ4v) is 1.74. The second-order valence-electron chi connectivity index (χ2n) is 2.99. The van der Waals surface area contributed by atoms with Gasteiger partial charge in [0.2, 0.25) is 5.79 Å². The summed E-state index contributed by atoms with van der Waals surface area (Å²) < 4.78 is 37.0. The van der Waals surface area contributed by atoms with Crippen molar-refractivity contribution in [3.05, 3.63) is 33.8 Å². The highest BCUT2D eigenvalue weighted by Gasteiger charge is 2.51. The van der Waals surface area contributed by atoms with Crippen LogP contribution in [0.25, 0.3) is 0 Å². The van der Waals surface area contributed by atoms with Crippen LogP contribution in [0.3, 0.4) is 0 Å². The van der Waals surface area contributed by atoms with E-state index >= 15 is 0 Å². The minimum atomic E-state index is -1.21. The standard InChI is InChI=1S/C9H7BrF2O2/c1-13-9(4-14-9)8-6(11)2-5(10)3-7(8)12/h2-3H,4H2,1H3. The van der Waals surface area contributed by atoms with Crippen LogP contribution in [0.1, 0.15) is 5.56 Å². The summed E-state index contributed by atoms with van der Waals surface area (Å²) in [7, 11) is 1.36. The number of epoxide rings is 1. The molecular weight excluding hydrogens is 258 g/mol. The van der Waals surface area contributed by atoms with Crippen molar-refractivity contribution in [1.82, 2.24) is 0 Å². The second kappa shape index (κ2) is 3.25. The average molecular weight is 265 g/mol. The van der Waals surface area contributed by atoms with Crippen LogP contribution in [0.4, 0.5) is 8.78 Å². The Morgan fingerprint density at radius 2 is 1.93 bits per heavy atom. The molecule has 2 nitrogen and oxygen atoms in total. The molecule has 0 spiro atoms. The number of methoxy groups -OCH3 is 1. The predicted octanol–water partition coefficient (Wildman–Crippen LogP) is 2.56. The highest BCUT2D eigenvalue weighted by atomic mass is 79.9. The van der Waals surface area contributed by atoms with Gasteiger partial charge in [-0.05, 0) is 12.1 Å². The maximum absolute atomic E-state index is 13.4. The molecule has 1 saturated heterocycles. The van der Waals surface area contributed by atoms with Crippen molar-refractivity contribution in [1.29, 1.82) is 0 Å². The lowest BCUT2D eigenvalue weighted by atomic mass is 10.1. The van der Waals surface area contributed by atoms with Gasteiger partial charge in [0.25, 0.3) is 0 Å². The van der Waals surface area contributed by atoms with E-state index in [0.29, 0.717) is 4.47 Å². The number of rotatable bonds is 2. The summed E-state index contributed by atoms with van der Waals surface area (Å²) in [5.41, 5.74) is -0.164. The van der Waals surface area contributed by atoms with Crippen molar-refractivity contribution < 1.29 is 18.3 Å². The van der Waals surface area contributed by atoms with Crippen LogP contribution in [0, 0.1) is 11.6 Å². The Bertz CT molecular complexity index is 354. The lowest BCUT2D eigenvalue weighted by molar-refractivity contribution is -0.0191. The number of hydrogen-bond donors (Lipinski definition) is 0. The highest BCUT2D eigenvalue weighted by Crippen LogP contribution is 2.42. The number of halogens is 3. The van der Waals surface area contributed by atoms with E-state index in [9.17, 15) is 8.78 Å². The molecule has 0 radical (unpaired) electrons. The van der Waals surface area contributed by atoms with Crippen LogP contribution in [-0.2, 0) is 15.3 Å². The van der Waals surface area contributed by atoms with E-state index in [0.717, 1.165) is 0 Å². The molecule has 2 rings (SSSR count). The first-order valence-corrected chi connectivity index (χ1v) is 4.72. The quantitative estimate of drug-likeness (QED) is 0.766. The van der Waals surface area contributed by atoms with Gasteiger partial charge in [-0.3, -0.25) is 0 Å². The Kier molecular flexibility index (Phi) is 2.33. The predicted molar refractivity (Wildman–Crippen MR) is 48.7 cm³/mol. The van der Waals surface area contributed by atoms with Gasteiger partial charge in [-0.15, -0.1) is 0 Å². The number of benzene rings is 1. The van der Waals surface area contributed by atoms with Crippen LogP contribution in [0.5, 0.6) is 0 Å². The summed E-state index contributed by atoms with van der Waals surface area (Å²) in [5, 5.41) is 0. The van der Waals surface area contributed by atoms with Gasteiger partial charge in [-0.25, -0.2) is 8.78 Å². The Labute approximate surface area is 87.9 Å². The average Bonchev–Trinajstić information content (AvgIpc) is 2.83. The smallest absolute Gasteiger partial charge is 0.225 e. The van der Waals surface area contributed by atoms with Crippen LogP contribution in [-0.4, -0.2) is 13.7 Å². The summed E-state index contributed by atoms with van der Waals surface area (Å²) in [4.78, 5) is 0. The Balaban J connectivity index is 2.53. The summed E-state index contributed by atoms with van der Waals surface area (Å²) >= 11 is 2.99. The molecule has 1 aliphatic heterocycles. The molecule has 0 aromatic heterocycles. The lowest BCUT2D eigenvalue weighted by Gasteiger charge is -2.12. The first-order chi connectivity index (χ1) is 6.59. The molecule has 14 heavy (non-hydrogen) atoms. The molecule has 1 aromatic rings. The second-order valence-corrected chi connectivity index (χ2v) is 3.91. The summed E-state index contributed by atoms with van der Waals surface area (Å²) in [6.45, 7) is 0.180. The first-order valence-electron chi connectivity index (χ1n) is 3.93. The minimum Gasteiger partial charge on any atom is -0.347 e. The van der Waals surface area contributed by atoms with Crippen molar-refractivity contribution >= 4 is 15.9 Å². The molecule has 0 N–H and O–H groups in total. The molecule has 1 aliphatic rings. The third-order valence-electron chi connectivity index (χ3n) is 2.12. The van der Waals surface area contributed by atoms with Gasteiger partial charge in [-0.2, -0.15) is 0 Å². The van der Waals surface area contributed by atoms with Gasteiger partial charge >= 0.3 is 0 Å². The van der Waals surface area contributed by atoms with Gasteiger partial charge in [0.15, 0.2) is 0 Å². The molecule has 1 fully saturated rings.